The van der Waals surface area contributed by atoms with Crippen LogP contribution in [0.1, 0.15) is 21.9 Å². The Labute approximate surface area is 143 Å². The number of H-pyrrole nitrogens is 1. The number of rotatable bonds is 6. The van der Waals surface area contributed by atoms with Gasteiger partial charge in [-0.2, -0.15) is 13.2 Å². The number of halogens is 3. The molecule has 0 saturated heterocycles. The van der Waals surface area contributed by atoms with Crippen LogP contribution in [-0.2, 0) is 17.4 Å². The molecule has 26 heavy (non-hydrogen) atoms. The molecular weight excluding hydrogens is 355 g/mol. The second-order valence-electron chi connectivity index (χ2n) is 5.13. The number of aromatic amines is 1. The summed E-state index contributed by atoms with van der Waals surface area (Å²) in [5, 5.41) is 5.83. The van der Waals surface area contributed by atoms with Crippen LogP contribution in [0.15, 0.2) is 47.3 Å². The van der Waals surface area contributed by atoms with E-state index in [2.05, 4.69) is 15.2 Å². The third-order valence-electron chi connectivity index (χ3n) is 3.23. The fourth-order valence-electron chi connectivity index (χ4n) is 2.06. The lowest BCUT2D eigenvalue weighted by molar-refractivity contribution is -0.137. The first kappa shape index (κ1) is 17.4. The Bertz CT molecular complexity index is 932. The number of aromatic nitrogens is 3. The van der Waals surface area contributed by atoms with E-state index in [9.17, 15) is 22.8 Å². The number of ether oxygens (including phenoxy) is 1. The zero-order valence-electron chi connectivity index (χ0n) is 12.9. The van der Waals surface area contributed by atoms with Crippen LogP contribution < -0.4 is 4.74 Å². The maximum atomic E-state index is 12.7. The van der Waals surface area contributed by atoms with Crippen LogP contribution in [0.2, 0.25) is 0 Å². The topological polar surface area (TPSA) is 98.1 Å². The second-order valence-corrected chi connectivity index (χ2v) is 5.13. The lowest BCUT2D eigenvalue weighted by Crippen LogP contribution is -2.17. The lowest BCUT2D eigenvalue weighted by atomic mass is 10.1. The first-order valence-electron chi connectivity index (χ1n) is 7.19. The SMILES string of the molecule is O=C(Cc1cc(Oc2cccc(C(F)(F)F)c2)co1)C(=O)c1nc[nH]n1. The summed E-state index contributed by atoms with van der Waals surface area (Å²) < 4.78 is 48.5. The molecule has 10 heteroatoms. The summed E-state index contributed by atoms with van der Waals surface area (Å²) >= 11 is 0. The highest BCUT2D eigenvalue weighted by atomic mass is 19.4. The summed E-state index contributed by atoms with van der Waals surface area (Å²) in [6.07, 6.45) is -2.57. The molecule has 3 rings (SSSR count). The van der Waals surface area contributed by atoms with Gasteiger partial charge in [0.05, 0.1) is 12.0 Å². The minimum atomic E-state index is -4.49. The summed E-state index contributed by atoms with van der Waals surface area (Å²) in [7, 11) is 0. The fourth-order valence-corrected chi connectivity index (χ4v) is 2.06. The maximum absolute atomic E-state index is 12.7. The van der Waals surface area contributed by atoms with Crippen LogP contribution in [0.5, 0.6) is 11.5 Å². The summed E-state index contributed by atoms with van der Waals surface area (Å²) in [6, 6.07) is 5.62. The van der Waals surface area contributed by atoms with Crippen molar-refractivity contribution in [2.24, 2.45) is 0 Å². The van der Waals surface area contributed by atoms with Crippen molar-refractivity contribution < 1.29 is 31.9 Å². The Kier molecular flexibility index (Phi) is 4.57. The largest absolute Gasteiger partial charge is 0.465 e. The van der Waals surface area contributed by atoms with Crippen LogP contribution in [0.25, 0.3) is 0 Å². The van der Waals surface area contributed by atoms with Crippen LogP contribution >= 0.6 is 0 Å². The average molecular weight is 365 g/mol. The van der Waals surface area contributed by atoms with Crippen molar-refractivity contribution in [2.75, 3.05) is 0 Å². The molecule has 2 aromatic heterocycles. The molecule has 0 unspecified atom stereocenters. The van der Waals surface area contributed by atoms with Gasteiger partial charge in [0.15, 0.2) is 5.75 Å². The van der Waals surface area contributed by atoms with E-state index in [1.54, 1.807) is 0 Å². The molecule has 7 nitrogen and oxygen atoms in total. The molecule has 1 aromatic carbocycles. The lowest BCUT2D eigenvalue weighted by Gasteiger charge is -2.08. The van der Waals surface area contributed by atoms with Gasteiger partial charge in [-0.3, -0.25) is 14.7 Å². The molecule has 0 spiro atoms. The third kappa shape index (κ3) is 3.97. The number of nitrogens with one attached hydrogen (secondary N) is 1. The zero-order chi connectivity index (χ0) is 18.7. The van der Waals surface area contributed by atoms with Crippen LogP contribution in [0.3, 0.4) is 0 Å². The number of alkyl halides is 3. The van der Waals surface area contributed by atoms with E-state index >= 15 is 0 Å². The first-order valence-corrected chi connectivity index (χ1v) is 7.19. The Morgan fingerprint density at radius 3 is 2.69 bits per heavy atom. The van der Waals surface area contributed by atoms with Gasteiger partial charge in [0.25, 0.3) is 5.78 Å². The Balaban J connectivity index is 1.67. The molecule has 0 bridgehead atoms. The standard InChI is InChI=1S/C16H10F3N3O4/c17-16(18,19)9-2-1-3-10(4-9)26-12-5-11(25-7-12)6-13(23)14(24)15-20-8-21-22-15/h1-5,7-8H,6H2,(H,20,21,22). The highest BCUT2D eigenvalue weighted by molar-refractivity contribution is 6.42. The van der Waals surface area contributed by atoms with Gasteiger partial charge in [0.2, 0.25) is 11.6 Å². The number of carbonyl (C=O) groups excluding carboxylic acids is 2. The van der Waals surface area contributed by atoms with E-state index in [0.717, 1.165) is 24.7 Å². The number of furan rings is 1. The first-order chi connectivity index (χ1) is 12.3. The average Bonchev–Trinajstić information content (AvgIpc) is 3.26. The van der Waals surface area contributed by atoms with Gasteiger partial charge in [-0.15, -0.1) is 5.10 Å². The van der Waals surface area contributed by atoms with Gasteiger partial charge in [-0.1, -0.05) is 6.07 Å². The quantitative estimate of drug-likeness (QED) is 0.532. The van der Waals surface area contributed by atoms with Gasteiger partial charge < -0.3 is 9.15 Å². The summed E-state index contributed by atoms with van der Waals surface area (Å²) in [4.78, 5) is 27.2. The maximum Gasteiger partial charge on any atom is 0.416 e. The van der Waals surface area contributed by atoms with Crippen molar-refractivity contribution in [3.8, 4) is 11.5 Å². The number of nitrogens with zero attached hydrogens (tertiary/aromatic N) is 2. The molecule has 0 atom stereocenters. The number of ketones is 2. The molecule has 0 amide bonds. The summed E-state index contributed by atoms with van der Waals surface area (Å²) in [5.74, 6) is -1.79. The molecule has 0 fully saturated rings. The monoisotopic (exact) mass is 365 g/mol. The molecule has 3 aromatic rings. The van der Waals surface area contributed by atoms with Crippen molar-refractivity contribution in [2.45, 2.75) is 12.6 Å². The number of hydrogen-bond acceptors (Lipinski definition) is 6. The van der Waals surface area contributed by atoms with Crippen molar-refractivity contribution in [3.63, 3.8) is 0 Å². The molecule has 0 radical (unpaired) electrons. The van der Waals surface area contributed by atoms with Crippen LogP contribution in [0.4, 0.5) is 13.2 Å². The highest BCUT2D eigenvalue weighted by Gasteiger charge is 2.30. The Morgan fingerprint density at radius 2 is 2.00 bits per heavy atom. The molecular formula is C16H10F3N3O4. The highest BCUT2D eigenvalue weighted by Crippen LogP contribution is 2.33. The second kappa shape index (κ2) is 6.82. The van der Waals surface area contributed by atoms with Crippen LogP contribution in [0, 0.1) is 0 Å². The van der Waals surface area contributed by atoms with Gasteiger partial charge >= 0.3 is 6.18 Å². The van der Waals surface area contributed by atoms with Gasteiger partial charge in [0, 0.05) is 6.07 Å². The molecule has 134 valence electrons. The predicted octanol–water partition coefficient (Wildman–Crippen LogP) is 3.20. The van der Waals surface area contributed by atoms with Crippen molar-refractivity contribution >= 4 is 11.6 Å². The van der Waals surface area contributed by atoms with Gasteiger partial charge in [0.1, 0.15) is 24.1 Å². The van der Waals surface area contributed by atoms with E-state index in [0.29, 0.717) is 0 Å². The Hall–Kier alpha value is -3.43. The number of Topliss-reactive ketones (excluding diaryl/α,β-unsaturated/α-hetero) is 2. The minimum Gasteiger partial charge on any atom is -0.465 e. The smallest absolute Gasteiger partial charge is 0.416 e. The van der Waals surface area contributed by atoms with E-state index in [4.69, 9.17) is 9.15 Å². The van der Waals surface area contributed by atoms with Crippen LogP contribution in [-0.4, -0.2) is 26.7 Å². The molecule has 0 aliphatic carbocycles. The number of carbonyl (C=O) groups is 2. The van der Waals surface area contributed by atoms with Gasteiger partial charge in [-0.25, -0.2) is 4.98 Å². The van der Waals surface area contributed by atoms with E-state index in [-0.39, 0.29) is 29.5 Å². The molecule has 0 aliphatic rings. The van der Waals surface area contributed by atoms with E-state index in [1.165, 1.54) is 18.2 Å². The van der Waals surface area contributed by atoms with Crippen molar-refractivity contribution in [1.29, 1.82) is 0 Å². The zero-order valence-corrected chi connectivity index (χ0v) is 12.9. The third-order valence-corrected chi connectivity index (χ3v) is 3.23. The molecule has 0 saturated carbocycles. The normalized spacial score (nSPS) is 11.3. The number of hydrogen-bond donors (Lipinski definition) is 1. The van der Waals surface area contributed by atoms with Crippen molar-refractivity contribution in [3.05, 3.63) is 60.1 Å². The van der Waals surface area contributed by atoms with E-state index < -0.39 is 23.3 Å². The minimum absolute atomic E-state index is 0.0460. The number of benzene rings is 1. The van der Waals surface area contributed by atoms with E-state index in [1.807, 2.05) is 0 Å². The predicted molar refractivity (Wildman–Crippen MR) is 79.7 cm³/mol. The molecule has 1 N–H and O–H groups in total. The summed E-state index contributed by atoms with van der Waals surface area (Å²) in [6.45, 7) is 0. The molecule has 2 heterocycles. The Morgan fingerprint density at radius 1 is 1.19 bits per heavy atom. The van der Waals surface area contributed by atoms with Gasteiger partial charge in [-0.05, 0) is 18.2 Å². The molecule has 0 aliphatic heterocycles. The van der Waals surface area contributed by atoms with Crippen molar-refractivity contribution in [1.82, 2.24) is 15.2 Å². The fraction of sp³-hybridized carbons (Fsp3) is 0.125. The summed E-state index contributed by atoms with van der Waals surface area (Å²) in [5.41, 5.74) is -0.856.